The molecule has 2 amide bonds. The van der Waals surface area contributed by atoms with Crippen LogP contribution in [0.1, 0.15) is 32.1 Å². The number of rotatable bonds is 11. The van der Waals surface area contributed by atoms with Crippen molar-refractivity contribution in [2.75, 3.05) is 25.6 Å². The number of anilines is 1. The van der Waals surface area contributed by atoms with Gasteiger partial charge in [0.2, 0.25) is 5.95 Å². The van der Waals surface area contributed by atoms with Crippen LogP contribution in [0, 0.1) is 0 Å². The first kappa shape index (κ1) is 24.1. The highest BCUT2D eigenvalue weighted by atomic mass is 16.5. The maximum Gasteiger partial charge on any atom is 0.257 e. The second-order valence-corrected chi connectivity index (χ2v) is 6.55. The Bertz CT molecular complexity index is 1080. The first-order valence-corrected chi connectivity index (χ1v) is 9.63. The molecule has 166 valence electrons. The van der Waals surface area contributed by atoms with Crippen molar-refractivity contribution in [2.45, 2.75) is 0 Å². The van der Waals surface area contributed by atoms with E-state index in [0.717, 1.165) is 0 Å². The fraction of sp³-hybridized carbons (Fsp3) is 0.125. The van der Waals surface area contributed by atoms with Crippen molar-refractivity contribution in [1.82, 2.24) is 15.3 Å². The predicted molar refractivity (Wildman–Crippen MR) is 126 cm³/mol. The number of carbonyl (C=O) groups excluding carboxylic acids is 2. The lowest BCUT2D eigenvalue weighted by Gasteiger charge is -2.07. The summed E-state index contributed by atoms with van der Waals surface area (Å²) in [5.74, 6) is -0.312. The van der Waals surface area contributed by atoms with Gasteiger partial charge < -0.3 is 20.1 Å². The molecule has 2 aromatic rings. The van der Waals surface area contributed by atoms with Crippen LogP contribution in [0.25, 0.3) is 11.3 Å². The predicted octanol–water partition coefficient (Wildman–Crippen LogP) is 3.31. The second-order valence-electron chi connectivity index (χ2n) is 6.55. The Labute approximate surface area is 186 Å². The van der Waals surface area contributed by atoms with E-state index in [4.69, 9.17) is 9.84 Å². The first-order valence-electron chi connectivity index (χ1n) is 9.63. The Hall–Kier alpha value is -4.17. The van der Waals surface area contributed by atoms with Crippen molar-refractivity contribution >= 4 is 29.1 Å². The number of aliphatic hydroxyl groups excluding tert-OH is 1. The zero-order chi connectivity index (χ0) is 23.7. The van der Waals surface area contributed by atoms with Crippen molar-refractivity contribution in [3.63, 3.8) is 0 Å². The van der Waals surface area contributed by atoms with Crippen molar-refractivity contribution in [2.24, 2.45) is 0 Å². The van der Waals surface area contributed by atoms with Gasteiger partial charge in [-0.15, -0.1) is 0 Å². The van der Waals surface area contributed by atoms with E-state index in [-0.39, 0.29) is 30.8 Å². The third kappa shape index (κ3) is 5.93. The molecule has 8 nitrogen and oxygen atoms in total. The summed E-state index contributed by atoms with van der Waals surface area (Å²) in [6.45, 7) is 15.5. The fourth-order valence-electron chi connectivity index (χ4n) is 2.62. The fourth-order valence-corrected chi connectivity index (χ4v) is 2.62. The number of hydrogen-bond donors (Lipinski definition) is 4. The molecule has 0 spiro atoms. The van der Waals surface area contributed by atoms with Crippen molar-refractivity contribution in [3.8, 4) is 0 Å². The molecule has 1 aromatic heterocycles. The molecule has 2 rings (SSSR count). The van der Waals surface area contributed by atoms with Crippen LogP contribution in [0.2, 0.25) is 0 Å². The Morgan fingerprint density at radius 3 is 2.34 bits per heavy atom. The molecule has 0 radical (unpaired) electrons. The number of aromatic nitrogens is 2. The molecule has 0 bridgehead atoms. The summed E-state index contributed by atoms with van der Waals surface area (Å²) in [6.07, 6.45) is 5.09. The number of amides is 2. The molecule has 8 heteroatoms. The number of methoxy groups -OCH3 is 1. The van der Waals surface area contributed by atoms with Crippen molar-refractivity contribution in [3.05, 3.63) is 96.9 Å². The number of hydrogen-bond acceptors (Lipinski definition) is 5. The lowest BCUT2D eigenvalue weighted by Crippen LogP contribution is -2.26. The van der Waals surface area contributed by atoms with Crippen LogP contribution in [0.3, 0.4) is 0 Å². The molecule has 4 N–H and O–H groups in total. The number of benzene rings is 1. The van der Waals surface area contributed by atoms with Gasteiger partial charge in [0.15, 0.2) is 0 Å². The zero-order valence-corrected chi connectivity index (χ0v) is 17.9. The molecule has 0 fully saturated rings. The third-order valence-electron chi connectivity index (χ3n) is 4.38. The van der Waals surface area contributed by atoms with Crippen LogP contribution in [-0.2, 0) is 4.74 Å². The maximum atomic E-state index is 12.7. The Balaban J connectivity index is 2.23. The quantitative estimate of drug-likeness (QED) is 0.320. The minimum Gasteiger partial charge on any atom is -0.495 e. The van der Waals surface area contributed by atoms with Crippen LogP contribution in [0.4, 0.5) is 5.95 Å². The highest BCUT2D eigenvalue weighted by molar-refractivity contribution is 6.04. The second kappa shape index (κ2) is 11.3. The van der Waals surface area contributed by atoms with E-state index >= 15 is 0 Å². The highest BCUT2D eigenvalue weighted by Crippen LogP contribution is 2.28. The van der Waals surface area contributed by atoms with Crippen LogP contribution in [0.15, 0.2) is 74.4 Å². The van der Waals surface area contributed by atoms with E-state index in [1.165, 1.54) is 31.4 Å². The van der Waals surface area contributed by atoms with Crippen LogP contribution in [0.5, 0.6) is 0 Å². The molecule has 0 aliphatic rings. The first-order chi connectivity index (χ1) is 15.3. The van der Waals surface area contributed by atoms with E-state index in [9.17, 15) is 9.59 Å². The highest BCUT2D eigenvalue weighted by Gasteiger charge is 2.19. The Morgan fingerprint density at radius 1 is 1.16 bits per heavy atom. The minimum absolute atomic E-state index is 0.151. The standard InChI is InChI=1S/C24H26N4O4/c1-6-7-8-15(2)16(3)20-21(17(4)32-5)27-24(26-20)28-23(31)19-11-9-18(10-12-19)22(30)25-13-14-29/h6-12,29H,1-4,13-14H2,5H3,(H,25,30)(H2,26,27,28,31)/b8-7-. The molecular formula is C24H26N4O4. The summed E-state index contributed by atoms with van der Waals surface area (Å²) in [7, 11) is 1.46. The van der Waals surface area contributed by atoms with Gasteiger partial charge in [0.25, 0.3) is 11.8 Å². The Kier molecular flexibility index (Phi) is 8.50. The zero-order valence-electron chi connectivity index (χ0n) is 17.9. The van der Waals surface area contributed by atoms with Crippen LogP contribution >= 0.6 is 0 Å². The van der Waals surface area contributed by atoms with E-state index in [0.29, 0.717) is 33.7 Å². The molecule has 1 aromatic carbocycles. The molecule has 0 aliphatic carbocycles. The average molecular weight is 434 g/mol. The number of imidazole rings is 1. The van der Waals surface area contributed by atoms with Gasteiger partial charge in [-0.1, -0.05) is 44.5 Å². The summed E-state index contributed by atoms with van der Waals surface area (Å²) < 4.78 is 5.21. The van der Waals surface area contributed by atoms with Crippen LogP contribution in [-0.4, -0.2) is 47.2 Å². The minimum atomic E-state index is -0.432. The number of allylic oxidation sites excluding steroid dienone is 5. The van der Waals surface area contributed by atoms with E-state index < -0.39 is 5.91 Å². The number of aromatic amines is 1. The molecule has 0 atom stereocenters. The third-order valence-corrected chi connectivity index (χ3v) is 4.38. The number of carbonyl (C=O) groups is 2. The summed E-state index contributed by atoms with van der Waals surface area (Å²) >= 11 is 0. The average Bonchev–Trinajstić information content (AvgIpc) is 3.23. The summed E-state index contributed by atoms with van der Waals surface area (Å²) in [4.78, 5) is 31.9. The molecule has 32 heavy (non-hydrogen) atoms. The summed E-state index contributed by atoms with van der Waals surface area (Å²) in [5.41, 5.74) is 2.75. The van der Waals surface area contributed by atoms with Crippen molar-refractivity contribution < 1.29 is 19.4 Å². The summed E-state index contributed by atoms with van der Waals surface area (Å²) in [5, 5.41) is 14.0. The summed E-state index contributed by atoms with van der Waals surface area (Å²) in [6, 6.07) is 6.07. The van der Waals surface area contributed by atoms with Crippen molar-refractivity contribution in [1.29, 1.82) is 0 Å². The van der Waals surface area contributed by atoms with E-state index in [1.807, 2.05) is 0 Å². The van der Waals surface area contributed by atoms with Gasteiger partial charge in [0, 0.05) is 17.7 Å². The number of H-pyrrole nitrogens is 1. The number of ether oxygens (including phenoxy) is 1. The Morgan fingerprint density at radius 2 is 1.78 bits per heavy atom. The lowest BCUT2D eigenvalue weighted by atomic mass is 10.0. The largest absolute Gasteiger partial charge is 0.495 e. The maximum absolute atomic E-state index is 12.7. The number of aliphatic hydroxyl groups is 1. The lowest BCUT2D eigenvalue weighted by molar-refractivity contribution is 0.0943. The number of nitrogens with zero attached hydrogens (tertiary/aromatic N) is 1. The van der Waals surface area contributed by atoms with Crippen LogP contribution < -0.4 is 10.6 Å². The molecule has 0 aliphatic heterocycles. The SMILES string of the molecule is C=C/C=C\C(=C)C(=C)c1[nH]c(NC(=O)c2ccc(C(=O)NCCO)cc2)nc1C(=C)OC. The van der Waals surface area contributed by atoms with Gasteiger partial charge in [-0.25, -0.2) is 4.98 Å². The van der Waals surface area contributed by atoms with Gasteiger partial charge in [-0.3, -0.25) is 14.9 Å². The smallest absolute Gasteiger partial charge is 0.257 e. The van der Waals surface area contributed by atoms with E-state index in [1.54, 1.807) is 18.2 Å². The van der Waals surface area contributed by atoms with E-state index in [2.05, 4.69) is 46.9 Å². The van der Waals surface area contributed by atoms with Gasteiger partial charge >= 0.3 is 0 Å². The van der Waals surface area contributed by atoms with Gasteiger partial charge in [-0.2, -0.15) is 0 Å². The number of nitrogens with one attached hydrogen (secondary N) is 3. The van der Waals surface area contributed by atoms with Gasteiger partial charge in [0.1, 0.15) is 11.5 Å². The molecular weight excluding hydrogens is 408 g/mol. The topological polar surface area (TPSA) is 116 Å². The molecule has 1 heterocycles. The molecule has 0 saturated carbocycles. The monoisotopic (exact) mass is 434 g/mol. The van der Waals surface area contributed by atoms with Gasteiger partial charge in [0.05, 0.1) is 19.4 Å². The molecule has 0 unspecified atom stereocenters. The normalized spacial score (nSPS) is 10.4. The van der Waals surface area contributed by atoms with Gasteiger partial charge in [-0.05, 0) is 35.4 Å². The molecule has 0 saturated heterocycles.